The van der Waals surface area contributed by atoms with Crippen molar-refractivity contribution in [2.24, 2.45) is 0 Å². The van der Waals surface area contributed by atoms with Crippen LogP contribution in [0.4, 0.5) is 11.4 Å². The summed E-state index contributed by atoms with van der Waals surface area (Å²) in [6.07, 6.45) is 1.62. The molecule has 3 aromatic carbocycles. The summed E-state index contributed by atoms with van der Waals surface area (Å²) in [5.41, 5.74) is 2.62. The fourth-order valence-electron chi connectivity index (χ4n) is 3.99. The minimum atomic E-state index is -0.612. The Morgan fingerprint density at radius 2 is 1.66 bits per heavy atom. The SMILES string of the molecule is COC(=O)C1=C(C)N(c2ccc(Cl)cc2)C(=O)/C1=C\c1ccc(OCC(=O)Nc2ccccc2OC)cc1. The molecular weight excluding hydrogens is 508 g/mol. The third-order valence-corrected chi connectivity index (χ3v) is 6.07. The van der Waals surface area contributed by atoms with Gasteiger partial charge in [0.05, 0.1) is 31.1 Å². The van der Waals surface area contributed by atoms with E-state index >= 15 is 0 Å². The van der Waals surface area contributed by atoms with Gasteiger partial charge in [-0.15, -0.1) is 0 Å². The number of esters is 1. The Morgan fingerprint density at radius 3 is 2.32 bits per heavy atom. The van der Waals surface area contributed by atoms with Crippen molar-refractivity contribution in [3.63, 3.8) is 0 Å². The summed E-state index contributed by atoms with van der Waals surface area (Å²) in [7, 11) is 2.80. The van der Waals surface area contributed by atoms with Crippen LogP contribution in [-0.4, -0.2) is 38.6 Å². The van der Waals surface area contributed by atoms with E-state index in [-0.39, 0.29) is 29.6 Å². The first-order chi connectivity index (χ1) is 18.3. The molecule has 0 saturated carbocycles. The molecule has 0 spiro atoms. The van der Waals surface area contributed by atoms with Crippen LogP contribution in [0.15, 0.2) is 89.6 Å². The quantitative estimate of drug-likeness (QED) is 0.315. The Bertz CT molecular complexity index is 1430. The van der Waals surface area contributed by atoms with Crippen molar-refractivity contribution in [1.29, 1.82) is 0 Å². The minimum Gasteiger partial charge on any atom is -0.495 e. The molecule has 3 aromatic rings. The van der Waals surface area contributed by atoms with E-state index in [1.165, 1.54) is 19.1 Å². The van der Waals surface area contributed by atoms with Crippen LogP contribution in [0.2, 0.25) is 5.02 Å². The lowest BCUT2D eigenvalue weighted by Crippen LogP contribution is -2.24. The number of carbonyl (C=O) groups excluding carboxylic acids is 3. The van der Waals surface area contributed by atoms with Crippen molar-refractivity contribution in [3.05, 3.63) is 100 Å². The Hall–Kier alpha value is -4.56. The third kappa shape index (κ3) is 5.71. The molecule has 0 bridgehead atoms. The van der Waals surface area contributed by atoms with Crippen molar-refractivity contribution in [2.45, 2.75) is 6.92 Å². The maximum atomic E-state index is 13.4. The predicted molar refractivity (Wildman–Crippen MR) is 145 cm³/mol. The standard InChI is InChI=1S/C29H25ClN2O6/c1-18-27(29(35)37-3)23(28(34)32(18)21-12-10-20(30)11-13-21)16-19-8-14-22(15-9-19)38-17-26(33)31-24-6-4-5-7-25(24)36-2/h4-16H,17H2,1-3H3,(H,31,33)/b23-16-. The lowest BCUT2D eigenvalue weighted by Gasteiger charge is -2.17. The molecule has 2 amide bonds. The molecule has 0 fully saturated rings. The van der Waals surface area contributed by atoms with Gasteiger partial charge in [-0.1, -0.05) is 35.9 Å². The Morgan fingerprint density at radius 1 is 0.974 bits per heavy atom. The zero-order chi connectivity index (χ0) is 27.2. The van der Waals surface area contributed by atoms with E-state index in [0.717, 1.165) is 0 Å². The highest BCUT2D eigenvalue weighted by molar-refractivity contribution is 6.30. The van der Waals surface area contributed by atoms with Gasteiger partial charge in [-0.05, 0) is 67.1 Å². The zero-order valence-electron chi connectivity index (χ0n) is 21.0. The number of methoxy groups -OCH3 is 2. The van der Waals surface area contributed by atoms with Crippen LogP contribution in [0.25, 0.3) is 6.08 Å². The van der Waals surface area contributed by atoms with Gasteiger partial charge in [-0.3, -0.25) is 14.5 Å². The van der Waals surface area contributed by atoms with Crippen LogP contribution in [0, 0.1) is 0 Å². The number of anilines is 2. The molecule has 8 nitrogen and oxygen atoms in total. The van der Waals surface area contributed by atoms with Gasteiger partial charge in [0.2, 0.25) is 0 Å². The number of amides is 2. The number of ether oxygens (including phenoxy) is 3. The van der Waals surface area contributed by atoms with Gasteiger partial charge in [-0.25, -0.2) is 4.79 Å². The summed E-state index contributed by atoms with van der Waals surface area (Å²) >= 11 is 5.99. The number of halogens is 1. The van der Waals surface area contributed by atoms with Gasteiger partial charge in [0.25, 0.3) is 11.8 Å². The second-order valence-corrected chi connectivity index (χ2v) is 8.67. The van der Waals surface area contributed by atoms with E-state index < -0.39 is 5.97 Å². The zero-order valence-corrected chi connectivity index (χ0v) is 21.7. The van der Waals surface area contributed by atoms with Crippen molar-refractivity contribution in [1.82, 2.24) is 0 Å². The number of nitrogens with one attached hydrogen (secondary N) is 1. The molecule has 0 saturated heterocycles. The smallest absolute Gasteiger partial charge is 0.340 e. The molecular formula is C29H25ClN2O6. The number of carbonyl (C=O) groups is 3. The first kappa shape index (κ1) is 26.5. The molecule has 0 radical (unpaired) electrons. The summed E-state index contributed by atoms with van der Waals surface area (Å²) in [4.78, 5) is 39.7. The Kier molecular flexibility index (Phi) is 8.13. The van der Waals surface area contributed by atoms with Gasteiger partial charge in [-0.2, -0.15) is 0 Å². The van der Waals surface area contributed by atoms with E-state index in [2.05, 4.69) is 5.32 Å². The molecule has 1 heterocycles. The molecule has 0 aliphatic carbocycles. The van der Waals surface area contributed by atoms with Gasteiger partial charge in [0, 0.05) is 16.4 Å². The second kappa shape index (κ2) is 11.7. The molecule has 9 heteroatoms. The average molecular weight is 533 g/mol. The number of rotatable bonds is 8. The van der Waals surface area contributed by atoms with Gasteiger partial charge < -0.3 is 19.5 Å². The monoisotopic (exact) mass is 532 g/mol. The maximum Gasteiger partial charge on any atom is 0.340 e. The molecule has 4 rings (SSSR count). The van der Waals surface area contributed by atoms with Crippen molar-refractivity contribution < 1.29 is 28.6 Å². The number of hydrogen-bond acceptors (Lipinski definition) is 6. The number of benzene rings is 3. The summed E-state index contributed by atoms with van der Waals surface area (Å²) in [5.74, 6) is -0.311. The molecule has 0 aromatic heterocycles. The molecule has 194 valence electrons. The van der Waals surface area contributed by atoms with Crippen LogP contribution in [0.1, 0.15) is 12.5 Å². The van der Waals surface area contributed by atoms with Crippen molar-refractivity contribution in [3.8, 4) is 11.5 Å². The summed E-state index contributed by atoms with van der Waals surface area (Å²) < 4.78 is 15.8. The number of para-hydroxylation sites is 2. The van der Waals surface area contributed by atoms with Crippen molar-refractivity contribution in [2.75, 3.05) is 31.0 Å². The van der Waals surface area contributed by atoms with E-state index in [9.17, 15) is 14.4 Å². The van der Waals surface area contributed by atoms with E-state index in [1.807, 2.05) is 0 Å². The fraction of sp³-hybridized carbons (Fsp3) is 0.138. The molecule has 0 unspecified atom stereocenters. The first-order valence-corrected chi connectivity index (χ1v) is 12.0. The molecule has 1 aliphatic heterocycles. The van der Waals surface area contributed by atoms with E-state index in [1.54, 1.807) is 85.8 Å². The molecule has 38 heavy (non-hydrogen) atoms. The summed E-state index contributed by atoms with van der Waals surface area (Å²) in [5, 5.41) is 3.28. The maximum absolute atomic E-state index is 13.4. The van der Waals surface area contributed by atoms with Crippen molar-refractivity contribution >= 4 is 46.8 Å². The topological polar surface area (TPSA) is 94.2 Å². The highest BCUT2D eigenvalue weighted by Crippen LogP contribution is 2.36. The van der Waals surface area contributed by atoms with Crippen LogP contribution in [-0.2, 0) is 19.1 Å². The second-order valence-electron chi connectivity index (χ2n) is 8.23. The largest absolute Gasteiger partial charge is 0.495 e. The molecule has 1 aliphatic rings. The van der Waals surface area contributed by atoms with Gasteiger partial charge in [0.15, 0.2) is 6.61 Å². The van der Waals surface area contributed by atoms with Crippen LogP contribution < -0.4 is 19.7 Å². The minimum absolute atomic E-state index is 0.181. The normalized spacial score (nSPS) is 14.1. The van der Waals surface area contributed by atoms with E-state index in [4.69, 9.17) is 25.8 Å². The summed E-state index contributed by atoms with van der Waals surface area (Å²) in [6, 6.07) is 20.6. The Balaban J connectivity index is 1.49. The molecule has 1 N–H and O–H groups in total. The lowest BCUT2D eigenvalue weighted by molar-refractivity contribution is -0.136. The van der Waals surface area contributed by atoms with Crippen LogP contribution in [0.3, 0.4) is 0 Å². The molecule has 0 atom stereocenters. The highest BCUT2D eigenvalue weighted by Gasteiger charge is 2.37. The van der Waals surface area contributed by atoms with Gasteiger partial charge >= 0.3 is 5.97 Å². The van der Waals surface area contributed by atoms with Crippen LogP contribution >= 0.6 is 11.6 Å². The third-order valence-electron chi connectivity index (χ3n) is 5.82. The van der Waals surface area contributed by atoms with E-state index in [0.29, 0.717) is 39.2 Å². The fourth-order valence-corrected chi connectivity index (χ4v) is 4.12. The Labute approximate surface area is 225 Å². The lowest BCUT2D eigenvalue weighted by atomic mass is 10.0. The number of nitrogens with zero attached hydrogens (tertiary/aromatic N) is 1. The highest BCUT2D eigenvalue weighted by atomic mass is 35.5. The number of hydrogen-bond donors (Lipinski definition) is 1. The van der Waals surface area contributed by atoms with Gasteiger partial charge in [0.1, 0.15) is 11.5 Å². The van der Waals surface area contributed by atoms with Crippen LogP contribution in [0.5, 0.6) is 11.5 Å². The number of allylic oxidation sites excluding steroid dienone is 1. The summed E-state index contributed by atoms with van der Waals surface area (Å²) in [6.45, 7) is 1.48. The average Bonchev–Trinajstić information content (AvgIpc) is 3.17. The first-order valence-electron chi connectivity index (χ1n) is 11.6. The predicted octanol–water partition coefficient (Wildman–Crippen LogP) is 5.24.